The molecule has 0 atom stereocenters. The zero-order valence-electron chi connectivity index (χ0n) is 4.92. The Labute approximate surface area is 52.6 Å². The van der Waals surface area contributed by atoms with Gasteiger partial charge in [-0.2, -0.15) is 5.26 Å². The molecule has 0 aliphatic heterocycles. The molecule has 0 N–H and O–H groups in total. The highest BCUT2D eigenvalue weighted by Gasteiger charge is 1.99. The second kappa shape index (κ2) is 3.56. The van der Waals surface area contributed by atoms with Crippen molar-refractivity contribution in [3.63, 3.8) is 0 Å². The van der Waals surface area contributed by atoms with E-state index in [0.717, 1.165) is 19.1 Å². The maximum atomic E-state index is 10.3. The number of Topliss-reactive ketones (excluding diaryl/α,β-unsaturated/α-hetero) is 1. The van der Waals surface area contributed by atoms with E-state index >= 15 is 0 Å². The first-order valence-corrected chi connectivity index (χ1v) is 2.29. The second-order valence-electron chi connectivity index (χ2n) is 1.38. The van der Waals surface area contributed by atoms with Crippen LogP contribution in [-0.2, 0) is 9.59 Å². The molecule has 0 unspecified atom stereocenters. The molecular weight excluding hydrogens is 118 g/mol. The van der Waals surface area contributed by atoms with Gasteiger partial charge in [0.25, 0.3) is 0 Å². The third kappa shape index (κ3) is 3.18. The second-order valence-corrected chi connectivity index (χ2v) is 1.38. The van der Waals surface area contributed by atoms with E-state index in [9.17, 15) is 9.59 Å². The Kier molecular flexibility index (Phi) is 2.99. The summed E-state index contributed by atoms with van der Waals surface area (Å²) in [5, 5.41) is 7.90. The number of nitriles is 1. The van der Waals surface area contributed by atoms with Gasteiger partial charge in [-0.25, -0.2) is 0 Å². The van der Waals surface area contributed by atoms with Crippen molar-refractivity contribution >= 4 is 11.6 Å². The summed E-state index contributed by atoms with van der Waals surface area (Å²) >= 11 is 0. The number of rotatable bonds is 2. The van der Waals surface area contributed by atoms with Gasteiger partial charge in [-0.15, -0.1) is 0 Å². The monoisotopic (exact) mass is 123 g/mol. The average Bonchev–Trinajstić information content (AvgIpc) is 1.82. The minimum atomic E-state index is -0.642. The van der Waals surface area contributed by atoms with E-state index in [2.05, 4.69) is 0 Å². The first kappa shape index (κ1) is 7.57. The van der Waals surface area contributed by atoms with Crippen LogP contribution in [0.4, 0.5) is 0 Å². The van der Waals surface area contributed by atoms with Crippen LogP contribution in [0.1, 0.15) is 6.92 Å². The predicted molar refractivity (Wildman–Crippen MR) is 30.4 cm³/mol. The number of carbonyl (C=O) groups excluding carboxylic acids is 2. The summed E-state index contributed by atoms with van der Waals surface area (Å²) in [6, 6.07) is 1.60. The van der Waals surface area contributed by atoms with Crippen molar-refractivity contribution in [2.75, 3.05) is 0 Å². The summed E-state index contributed by atoms with van der Waals surface area (Å²) in [5.74, 6) is -1.20. The Morgan fingerprint density at radius 3 is 2.44 bits per heavy atom. The van der Waals surface area contributed by atoms with Crippen LogP contribution >= 0.6 is 0 Å². The highest BCUT2D eigenvalue weighted by atomic mass is 16.2. The van der Waals surface area contributed by atoms with E-state index in [1.807, 2.05) is 0 Å². The van der Waals surface area contributed by atoms with Crippen LogP contribution < -0.4 is 0 Å². The van der Waals surface area contributed by atoms with Crippen molar-refractivity contribution in [1.29, 1.82) is 5.26 Å². The van der Waals surface area contributed by atoms with E-state index in [-0.39, 0.29) is 0 Å². The van der Waals surface area contributed by atoms with Crippen LogP contribution in [0.25, 0.3) is 0 Å². The van der Waals surface area contributed by atoms with Gasteiger partial charge in [-0.1, -0.05) is 0 Å². The van der Waals surface area contributed by atoms with Gasteiger partial charge in [-0.05, 0) is 6.08 Å². The molecule has 0 fully saturated rings. The standard InChI is InChI=1S/C6H5NO2/c1-5(8)6(9)3-2-4-7/h2-3H,1H3/b3-2-. The molecule has 9 heavy (non-hydrogen) atoms. The molecule has 0 saturated heterocycles. The Morgan fingerprint density at radius 2 is 2.11 bits per heavy atom. The topological polar surface area (TPSA) is 57.9 Å². The molecule has 0 rings (SSSR count). The quantitative estimate of drug-likeness (QED) is 0.300. The lowest BCUT2D eigenvalue weighted by Crippen LogP contribution is -2.04. The van der Waals surface area contributed by atoms with Gasteiger partial charge in [0.2, 0.25) is 5.78 Å². The van der Waals surface area contributed by atoms with Gasteiger partial charge < -0.3 is 0 Å². The molecule has 0 aromatic heterocycles. The minimum absolute atomic E-state index is 0.554. The molecule has 0 aromatic rings. The van der Waals surface area contributed by atoms with Crippen molar-refractivity contribution < 1.29 is 9.59 Å². The van der Waals surface area contributed by atoms with Crippen molar-refractivity contribution in [3.8, 4) is 6.07 Å². The number of allylic oxidation sites excluding steroid dienone is 2. The van der Waals surface area contributed by atoms with Crippen LogP contribution in [0.2, 0.25) is 0 Å². The summed E-state index contributed by atoms with van der Waals surface area (Å²) in [5.41, 5.74) is 0. The number of nitrogens with zero attached hydrogens (tertiary/aromatic N) is 1. The van der Waals surface area contributed by atoms with E-state index < -0.39 is 11.6 Å². The fraction of sp³-hybridized carbons (Fsp3) is 0.167. The number of ketones is 2. The highest BCUT2D eigenvalue weighted by molar-refractivity contribution is 6.40. The zero-order valence-corrected chi connectivity index (χ0v) is 4.92. The molecule has 3 nitrogen and oxygen atoms in total. The molecule has 0 aliphatic carbocycles. The number of carbonyl (C=O) groups is 2. The Bertz CT molecular complexity index is 198. The van der Waals surface area contributed by atoms with Crippen LogP contribution in [0.3, 0.4) is 0 Å². The molecule has 0 saturated carbocycles. The summed E-state index contributed by atoms with van der Waals surface area (Å²) in [4.78, 5) is 20.5. The molecule has 0 aliphatic rings. The molecule has 3 heteroatoms. The maximum absolute atomic E-state index is 10.3. The molecule has 0 aromatic carbocycles. The van der Waals surface area contributed by atoms with E-state index in [1.165, 1.54) is 0 Å². The van der Waals surface area contributed by atoms with Gasteiger partial charge in [0.1, 0.15) is 0 Å². The Balaban J connectivity index is 3.97. The normalized spacial score (nSPS) is 8.89. The van der Waals surface area contributed by atoms with Crippen molar-refractivity contribution in [2.24, 2.45) is 0 Å². The van der Waals surface area contributed by atoms with E-state index in [0.29, 0.717) is 0 Å². The van der Waals surface area contributed by atoms with Gasteiger partial charge in [0, 0.05) is 13.0 Å². The summed E-state index contributed by atoms with van der Waals surface area (Å²) in [7, 11) is 0. The third-order valence-corrected chi connectivity index (χ3v) is 0.656. The lowest BCUT2D eigenvalue weighted by molar-refractivity contribution is -0.132. The average molecular weight is 123 g/mol. The van der Waals surface area contributed by atoms with E-state index in [1.54, 1.807) is 6.07 Å². The maximum Gasteiger partial charge on any atom is 0.221 e. The largest absolute Gasteiger partial charge is 0.291 e. The van der Waals surface area contributed by atoms with Gasteiger partial charge in [0.05, 0.1) is 6.07 Å². The van der Waals surface area contributed by atoms with Crippen molar-refractivity contribution in [1.82, 2.24) is 0 Å². The molecular formula is C6H5NO2. The highest BCUT2D eigenvalue weighted by Crippen LogP contribution is 1.77. The third-order valence-electron chi connectivity index (χ3n) is 0.656. The predicted octanol–water partition coefficient (Wildman–Crippen LogP) is 0.224. The zero-order chi connectivity index (χ0) is 7.28. The summed E-state index contributed by atoms with van der Waals surface area (Å²) in [6.45, 7) is 1.16. The van der Waals surface area contributed by atoms with Crippen molar-refractivity contribution in [2.45, 2.75) is 6.92 Å². The summed E-state index contributed by atoms with van der Waals surface area (Å²) < 4.78 is 0. The van der Waals surface area contributed by atoms with Gasteiger partial charge in [0.15, 0.2) is 5.78 Å². The molecule has 0 bridgehead atoms. The molecule has 0 amide bonds. The van der Waals surface area contributed by atoms with Crippen LogP contribution in [0.5, 0.6) is 0 Å². The number of hydrogen-bond acceptors (Lipinski definition) is 3. The molecule has 46 valence electrons. The molecule has 0 spiro atoms. The van der Waals surface area contributed by atoms with Gasteiger partial charge >= 0.3 is 0 Å². The van der Waals surface area contributed by atoms with Crippen LogP contribution in [0, 0.1) is 11.3 Å². The van der Waals surface area contributed by atoms with E-state index in [4.69, 9.17) is 5.26 Å². The first-order chi connectivity index (χ1) is 4.18. The first-order valence-electron chi connectivity index (χ1n) is 2.29. The van der Waals surface area contributed by atoms with Crippen LogP contribution in [0.15, 0.2) is 12.2 Å². The number of hydrogen-bond donors (Lipinski definition) is 0. The molecule has 0 radical (unpaired) electrons. The minimum Gasteiger partial charge on any atom is -0.291 e. The van der Waals surface area contributed by atoms with Crippen LogP contribution in [-0.4, -0.2) is 11.6 Å². The lowest BCUT2D eigenvalue weighted by atomic mass is 10.3. The lowest BCUT2D eigenvalue weighted by Gasteiger charge is -1.78. The Morgan fingerprint density at radius 1 is 1.56 bits per heavy atom. The van der Waals surface area contributed by atoms with Gasteiger partial charge in [-0.3, -0.25) is 9.59 Å². The van der Waals surface area contributed by atoms with Crippen molar-refractivity contribution in [3.05, 3.63) is 12.2 Å². The fourth-order valence-electron chi connectivity index (χ4n) is 0.230. The molecule has 0 heterocycles. The Hall–Kier alpha value is -1.43. The SMILES string of the molecule is CC(=O)C(=O)/C=C\C#N. The summed E-state index contributed by atoms with van der Waals surface area (Å²) in [6.07, 6.45) is 1.92. The smallest absolute Gasteiger partial charge is 0.221 e. The fourth-order valence-corrected chi connectivity index (χ4v) is 0.230.